The van der Waals surface area contributed by atoms with E-state index in [2.05, 4.69) is 38.9 Å². The highest BCUT2D eigenvalue weighted by Gasteiger charge is 2.45. The zero-order chi connectivity index (χ0) is 17.4. The predicted molar refractivity (Wildman–Crippen MR) is 96.6 cm³/mol. The van der Waals surface area contributed by atoms with Crippen molar-refractivity contribution >= 4 is 6.34 Å². The summed E-state index contributed by atoms with van der Waals surface area (Å²) in [7, 11) is 0. The summed E-state index contributed by atoms with van der Waals surface area (Å²) in [6.07, 6.45) is 10.5. The van der Waals surface area contributed by atoms with Crippen molar-refractivity contribution in [2.24, 2.45) is 10.9 Å². The average molecular weight is 344 g/mol. The smallest absolute Gasteiger partial charge is 0.134 e. The van der Waals surface area contributed by atoms with E-state index in [9.17, 15) is 5.11 Å². The number of rotatable bonds is 5. The SMILES string of the molecule is C[C@@H](O)CNCC1CCC(c2nnn3c2C2(C)C=CNC2N=C3)CC1. The van der Waals surface area contributed by atoms with Crippen molar-refractivity contribution < 1.29 is 5.11 Å². The molecule has 0 radical (unpaired) electrons. The summed E-state index contributed by atoms with van der Waals surface area (Å²) in [4.78, 5) is 4.56. The van der Waals surface area contributed by atoms with Crippen molar-refractivity contribution in [2.45, 2.75) is 63.1 Å². The Labute approximate surface area is 148 Å². The monoisotopic (exact) mass is 344 g/mol. The molecule has 0 bridgehead atoms. The number of aliphatic hydroxyl groups excluding tert-OH is 1. The highest BCUT2D eigenvalue weighted by molar-refractivity contribution is 5.63. The molecule has 1 fully saturated rings. The van der Waals surface area contributed by atoms with Gasteiger partial charge in [0.25, 0.3) is 0 Å². The van der Waals surface area contributed by atoms with Crippen molar-refractivity contribution in [3.63, 3.8) is 0 Å². The van der Waals surface area contributed by atoms with E-state index in [1.165, 1.54) is 18.5 Å². The number of hydrogen-bond acceptors (Lipinski definition) is 6. The van der Waals surface area contributed by atoms with Crippen molar-refractivity contribution in [3.05, 3.63) is 23.7 Å². The Balaban J connectivity index is 1.44. The molecule has 0 amide bonds. The van der Waals surface area contributed by atoms with Crippen LogP contribution in [-0.2, 0) is 5.41 Å². The summed E-state index contributed by atoms with van der Waals surface area (Å²) in [6, 6.07) is 0. The van der Waals surface area contributed by atoms with Crippen LogP contribution in [0.2, 0.25) is 0 Å². The van der Waals surface area contributed by atoms with Gasteiger partial charge in [-0.05, 0) is 58.2 Å². The molecule has 4 rings (SSSR count). The van der Waals surface area contributed by atoms with Crippen LogP contribution in [0, 0.1) is 5.92 Å². The molecule has 25 heavy (non-hydrogen) atoms. The number of aliphatic imine (C=N–C) groups is 1. The molecule has 3 heterocycles. The van der Waals surface area contributed by atoms with Gasteiger partial charge >= 0.3 is 0 Å². The molecule has 1 aromatic rings. The molecule has 2 aliphatic heterocycles. The first kappa shape index (κ1) is 16.7. The Hall–Kier alpha value is -1.73. The highest BCUT2D eigenvalue weighted by atomic mass is 16.3. The van der Waals surface area contributed by atoms with E-state index in [4.69, 9.17) is 0 Å². The van der Waals surface area contributed by atoms with Gasteiger partial charge in [0.05, 0.1) is 22.9 Å². The van der Waals surface area contributed by atoms with Gasteiger partial charge in [-0.25, -0.2) is 9.67 Å². The largest absolute Gasteiger partial charge is 0.392 e. The summed E-state index contributed by atoms with van der Waals surface area (Å²) >= 11 is 0. The third-order valence-corrected chi connectivity index (χ3v) is 5.91. The van der Waals surface area contributed by atoms with Gasteiger partial charge in [0.2, 0.25) is 0 Å². The quantitative estimate of drug-likeness (QED) is 0.745. The fourth-order valence-corrected chi connectivity index (χ4v) is 4.43. The molecule has 1 aliphatic carbocycles. The molecule has 136 valence electrons. The average Bonchev–Trinajstić information content (AvgIpc) is 3.18. The van der Waals surface area contributed by atoms with Crippen LogP contribution in [0.1, 0.15) is 56.8 Å². The lowest BCUT2D eigenvalue weighted by molar-refractivity contribution is 0.186. The number of hydrogen-bond donors (Lipinski definition) is 3. The molecule has 3 atom stereocenters. The first-order valence-corrected chi connectivity index (χ1v) is 9.39. The van der Waals surface area contributed by atoms with Crippen LogP contribution in [0.5, 0.6) is 0 Å². The number of aliphatic hydroxyl groups is 1. The number of nitrogens with one attached hydrogen (secondary N) is 2. The molecule has 3 aliphatic rings. The zero-order valence-electron chi connectivity index (χ0n) is 15.0. The van der Waals surface area contributed by atoms with Crippen molar-refractivity contribution in [1.29, 1.82) is 0 Å². The fourth-order valence-electron chi connectivity index (χ4n) is 4.43. The Morgan fingerprint density at radius 2 is 2.20 bits per heavy atom. The van der Waals surface area contributed by atoms with E-state index in [-0.39, 0.29) is 17.7 Å². The normalized spacial score (nSPS) is 34.4. The molecule has 1 saturated carbocycles. The second-order valence-corrected chi connectivity index (χ2v) is 7.94. The summed E-state index contributed by atoms with van der Waals surface area (Å²) in [5.41, 5.74) is 2.19. The number of fused-ring (bicyclic) bond motifs is 3. The van der Waals surface area contributed by atoms with Crippen LogP contribution in [-0.4, -0.2) is 51.8 Å². The molecule has 3 N–H and O–H groups in total. The van der Waals surface area contributed by atoms with Gasteiger partial charge in [0, 0.05) is 12.5 Å². The van der Waals surface area contributed by atoms with Crippen molar-refractivity contribution in [2.75, 3.05) is 13.1 Å². The molecule has 7 heteroatoms. The Bertz CT molecular complexity index is 673. The lowest BCUT2D eigenvalue weighted by atomic mass is 9.75. The molecule has 0 saturated heterocycles. The first-order chi connectivity index (χ1) is 12.1. The molecular formula is C18H28N6O. The lowest BCUT2D eigenvalue weighted by Gasteiger charge is -2.34. The maximum absolute atomic E-state index is 9.36. The minimum absolute atomic E-state index is 0.0539. The van der Waals surface area contributed by atoms with Crippen LogP contribution in [0.3, 0.4) is 0 Å². The summed E-state index contributed by atoms with van der Waals surface area (Å²) in [6.45, 7) is 5.71. The first-order valence-electron chi connectivity index (χ1n) is 9.39. The van der Waals surface area contributed by atoms with Crippen LogP contribution in [0.25, 0.3) is 0 Å². The minimum Gasteiger partial charge on any atom is -0.392 e. The van der Waals surface area contributed by atoms with Gasteiger partial charge < -0.3 is 15.7 Å². The summed E-state index contributed by atoms with van der Waals surface area (Å²) < 4.78 is 1.86. The van der Waals surface area contributed by atoms with E-state index in [0.717, 1.165) is 25.1 Å². The van der Waals surface area contributed by atoms with Gasteiger partial charge in [-0.2, -0.15) is 0 Å². The van der Waals surface area contributed by atoms with E-state index in [0.29, 0.717) is 18.4 Å². The second-order valence-electron chi connectivity index (χ2n) is 7.94. The van der Waals surface area contributed by atoms with E-state index in [1.54, 1.807) is 6.34 Å². The van der Waals surface area contributed by atoms with Crippen LogP contribution < -0.4 is 10.6 Å². The minimum atomic E-state index is -0.275. The van der Waals surface area contributed by atoms with E-state index in [1.807, 2.05) is 17.8 Å². The third-order valence-electron chi connectivity index (χ3n) is 5.91. The van der Waals surface area contributed by atoms with Crippen molar-refractivity contribution in [3.8, 4) is 0 Å². The maximum atomic E-state index is 9.36. The Kier molecular flexibility index (Phi) is 4.37. The van der Waals surface area contributed by atoms with Gasteiger partial charge in [-0.3, -0.25) is 0 Å². The van der Waals surface area contributed by atoms with E-state index < -0.39 is 0 Å². The standard InChI is InChI=1S/C18H28N6O/c1-12(25)9-19-10-13-3-5-14(6-4-13)15-16-18(2)7-8-20-17(18)21-11-24(16)23-22-15/h7-8,11-14,17,19-20,25H,3-6,9-10H2,1-2H3/t12-,13?,14?,17?,18?/m1/s1. The Morgan fingerprint density at radius 3 is 2.96 bits per heavy atom. The number of nitrogens with zero attached hydrogens (tertiary/aromatic N) is 4. The topological polar surface area (TPSA) is 87.4 Å². The summed E-state index contributed by atoms with van der Waals surface area (Å²) in [5, 5.41) is 24.9. The third kappa shape index (κ3) is 3.00. The number of aromatic nitrogens is 3. The summed E-state index contributed by atoms with van der Waals surface area (Å²) in [5.74, 6) is 1.18. The van der Waals surface area contributed by atoms with Gasteiger partial charge in [-0.1, -0.05) is 11.3 Å². The van der Waals surface area contributed by atoms with Gasteiger partial charge in [-0.15, -0.1) is 5.10 Å². The second kappa shape index (κ2) is 6.53. The van der Waals surface area contributed by atoms with Crippen LogP contribution >= 0.6 is 0 Å². The van der Waals surface area contributed by atoms with Gasteiger partial charge in [0.1, 0.15) is 12.5 Å². The van der Waals surface area contributed by atoms with E-state index >= 15 is 0 Å². The van der Waals surface area contributed by atoms with Crippen molar-refractivity contribution in [1.82, 2.24) is 25.6 Å². The van der Waals surface area contributed by atoms with Crippen LogP contribution in [0.15, 0.2) is 17.3 Å². The molecule has 2 unspecified atom stereocenters. The molecular weight excluding hydrogens is 316 g/mol. The zero-order valence-corrected chi connectivity index (χ0v) is 15.0. The Morgan fingerprint density at radius 1 is 1.40 bits per heavy atom. The molecule has 0 aromatic carbocycles. The molecule has 1 aromatic heterocycles. The fraction of sp³-hybridized carbons (Fsp3) is 0.722. The predicted octanol–water partition coefficient (Wildman–Crippen LogP) is 1.11. The molecule has 7 nitrogen and oxygen atoms in total. The maximum Gasteiger partial charge on any atom is 0.134 e. The van der Waals surface area contributed by atoms with Crippen LogP contribution in [0.4, 0.5) is 0 Å². The lowest BCUT2D eigenvalue weighted by Crippen LogP contribution is -2.43. The van der Waals surface area contributed by atoms with Gasteiger partial charge in [0.15, 0.2) is 0 Å². The molecule has 0 spiro atoms. The highest BCUT2D eigenvalue weighted by Crippen LogP contribution is 2.42.